The van der Waals surface area contributed by atoms with E-state index < -0.39 is 0 Å². The summed E-state index contributed by atoms with van der Waals surface area (Å²) in [4.78, 5) is 0. The van der Waals surface area contributed by atoms with Gasteiger partial charge in [-0.25, -0.2) is 0 Å². The van der Waals surface area contributed by atoms with E-state index in [4.69, 9.17) is 5.84 Å². The van der Waals surface area contributed by atoms with Crippen LogP contribution in [0.15, 0.2) is 12.1 Å². The lowest BCUT2D eigenvalue weighted by Gasteiger charge is -2.36. The molecule has 0 aromatic heterocycles. The number of hydrogen-bond donors (Lipinski definition) is 2. The molecular weight excluding hydrogens is 284 g/mol. The van der Waals surface area contributed by atoms with Crippen LogP contribution in [0.3, 0.4) is 0 Å². The van der Waals surface area contributed by atoms with Crippen molar-refractivity contribution in [3.63, 3.8) is 0 Å². The summed E-state index contributed by atoms with van der Waals surface area (Å²) >= 11 is 4.19. The predicted molar refractivity (Wildman–Crippen MR) is 93.5 cm³/mol. The number of benzene rings is 1. The molecule has 0 radical (unpaired) electrons. The zero-order chi connectivity index (χ0) is 14.7. The molecule has 3 unspecified atom stereocenters. The number of thioether (sulfide) groups is 2. The molecule has 20 heavy (non-hydrogen) atoms. The van der Waals surface area contributed by atoms with Crippen molar-refractivity contribution in [2.24, 2.45) is 5.84 Å². The van der Waals surface area contributed by atoms with E-state index in [-0.39, 0.29) is 6.04 Å². The second kappa shape index (κ2) is 7.21. The summed E-state index contributed by atoms with van der Waals surface area (Å²) in [7, 11) is 0. The van der Waals surface area contributed by atoms with Crippen molar-refractivity contribution in [1.29, 1.82) is 0 Å². The Balaban J connectivity index is 2.33. The first kappa shape index (κ1) is 16.2. The van der Waals surface area contributed by atoms with Gasteiger partial charge in [-0.15, -0.1) is 0 Å². The maximum Gasteiger partial charge on any atom is 0.0592 e. The van der Waals surface area contributed by atoms with Crippen molar-refractivity contribution in [1.82, 2.24) is 5.43 Å². The molecule has 4 heteroatoms. The average Bonchev–Trinajstić information content (AvgIpc) is 2.45. The first-order chi connectivity index (χ1) is 9.58. The van der Waals surface area contributed by atoms with E-state index in [2.05, 4.69) is 68.8 Å². The highest BCUT2D eigenvalue weighted by atomic mass is 32.2. The van der Waals surface area contributed by atoms with Gasteiger partial charge in [0.1, 0.15) is 0 Å². The molecular formula is C16H26N2S2. The first-order valence-electron chi connectivity index (χ1n) is 7.35. The minimum atomic E-state index is 0.247. The maximum atomic E-state index is 5.94. The van der Waals surface area contributed by atoms with Crippen molar-refractivity contribution < 1.29 is 0 Å². The van der Waals surface area contributed by atoms with Crippen LogP contribution in [0.2, 0.25) is 0 Å². The smallest absolute Gasteiger partial charge is 0.0592 e. The van der Waals surface area contributed by atoms with Gasteiger partial charge >= 0.3 is 0 Å². The monoisotopic (exact) mass is 310 g/mol. The molecule has 0 amide bonds. The van der Waals surface area contributed by atoms with E-state index in [0.717, 1.165) is 0 Å². The fourth-order valence-corrected chi connectivity index (χ4v) is 6.15. The van der Waals surface area contributed by atoms with Gasteiger partial charge in [0.15, 0.2) is 0 Å². The topological polar surface area (TPSA) is 38.0 Å². The van der Waals surface area contributed by atoms with Crippen molar-refractivity contribution in [2.45, 2.75) is 50.7 Å². The van der Waals surface area contributed by atoms with Gasteiger partial charge in [0.2, 0.25) is 0 Å². The molecule has 0 aliphatic carbocycles. The average molecular weight is 311 g/mol. The lowest BCUT2D eigenvalue weighted by molar-refractivity contribution is 0.511. The Hall–Kier alpha value is -0.160. The van der Waals surface area contributed by atoms with E-state index in [1.165, 1.54) is 40.2 Å². The second-order valence-corrected chi connectivity index (χ2v) is 8.22. The van der Waals surface area contributed by atoms with Crippen LogP contribution in [0.25, 0.3) is 0 Å². The van der Waals surface area contributed by atoms with Gasteiger partial charge < -0.3 is 0 Å². The van der Waals surface area contributed by atoms with E-state index in [0.29, 0.717) is 10.5 Å². The molecule has 1 saturated heterocycles. The molecule has 0 spiro atoms. The predicted octanol–water partition coefficient (Wildman–Crippen LogP) is 3.74. The van der Waals surface area contributed by atoms with Gasteiger partial charge in [-0.05, 0) is 49.4 Å². The lowest BCUT2D eigenvalue weighted by Crippen LogP contribution is -2.42. The van der Waals surface area contributed by atoms with Crippen molar-refractivity contribution in [3.05, 3.63) is 34.4 Å². The first-order valence-corrected chi connectivity index (χ1v) is 9.45. The van der Waals surface area contributed by atoms with Crippen LogP contribution >= 0.6 is 23.5 Å². The van der Waals surface area contributed by atoms with Crippen LogP contribution in [-0.2, 0) is 0 Å². The van der Waals surface area contributed by atoms with E-state index in [9.17, 15) is 0 Å². The minimum Gasteiger partial charge on any atom is -0.271 e. The van der Waals surface area contributed by atoms with Crippen LogP contribution in [0.1, 0.15) is 41.6 Å². The van der Waals surface area contributed by atoms with E-state index >= 15 is 0 Å². The standard InChI is InChI=1S/C16H26N2S2/c1-5-14-16(20-7-6-19-14)15(18-17)13-9-11(3)10(2)8-12(13)4/h8-9,14-16,18H,5-7,17H2,1-4H3. The summed E-state index contributed by atoms with van der Waals surface area (Å²) < 4.78 is 0. The zero-order valence-corrected chi connectivity index (χ0v) is 14.5. The molecule has 1 aliphatic rings. The van der Waals surface area contributed by atoms with Crippen molar-refractivity contribution in [2.75, 3.05) is 11.5 Å². The fourth-order valence-electron chi connectivity index (χ4n) is 2.93. The number of aryl methyl sites for hydroxylation is 3. The van der Waals surface area contributed by atoms with Crippen molar-refractivity contribution >= 4 is 23.5 Å². The number of nitrogens with one attached hydrogen (secondary N) is 1. The molecule has 1 aromatic carbocycles. The van der Waals surface area contributed by atoms with Gasteiger partial charge in [-0.1, -0.05) is 19.1 Å². The molecule has 2 nitrogen and oxygen atoms in total. The van der Waals surface area contributed by atoms with Crippen LogP contribution < -0.4 is 11.3 Å². The SMILES string of the molecule is CCC1SCCSC1C(NN)c1cc(C)c(C)cc1C. The Bertz CT molecular complexity index is 462. The summed E-state index contributed by atoms with van der Waals surface area (Å²) in [6.45, 7) is 8.86. The zero-order valence-electron chi connectivity index (χ0n) is 12.9. The summed E-state index contributed by atoms with van der Waals surface area (Å²) in [6.07, 6.45) is 1.21. The second-order valence-electron chi connectivity index (χ2n) is 5.59. The Kier molecular flexibility index (Phi) is 5.84. The summed E-state index contributed by atoms with van der Waals surface area (Å²) in [5, 5.41) is 1.25. The molecule has 3 N–H and O–H groups in total. The highest BCUT2D eigenvalue weighted by Gasteiger charge is 2.33. The van der Waals surface area contributed by atoms with Gasteiger partial charge in [-0.2, -0.15) is 23.5 Å². The summed E-state index contributed by atoms with van der Waals surface area (Å²) in [5.74, 6) is 8.43. The molecule has 0 saturated carbocycles. The molecule has 1 heterocycles. The van der Waals surface area contributed by atoms with Gasteiger partial charge in [0.25, 0.3) is 0 Å². The van der Waals surface area contributed by atoms with Gasteiger partial charge in [0.05, 0.1) is 6.04 Å². The molecule has 0 bridgehead atoms. The molecule has 1 aliphatic heterocycles. The Labute approximate surface area is 131 Å². The Morgan fingerprint density at radius 2 is 1.80 bits per heavy atom. The highest BCUT2D eigenvalue weighted by Crippen LogP contribution is 2.41. The highest BCUT2D eigenvalue weighted by molar-refractivity contribution is 8.07. The maximum absolute atomic E-state index is 5.94. The van der Waals surface area contributed by atoms with Crippen molar-refractivity contribution in [3.8, 4) is 0 Å². The molecule has 112 valence electrons. The summed E-state index contributed by atoms with van der Waals surface area (Å²) in [5.41, 5.74) is 8.54. The Morgan fingerprint density at radius 1 is 1.15 bits per heavy atom. The Morgan fingerprint density at radius 3 is 2.45 bits per heavy atom. The molecule has 3 atom stereocenters. The number of rotatable bonds is 4. The van der Waals surface area contributed by atoms with Crippen LogP contribution in [0.5, 0.6) is 0 Å². The van der Waals surface area contributed by atoms with Gasteiger partial charge in [0, 0.05) is 22.0 Å². The summed E-state index contributed by atoms with van der Waals surface area (Å²) in [6, 6.07) is 4.86. The quantitative estimate of drug-likeness (QED) is 0.656. The molecule has 1 fully saturated rings. The minimum absolute atomic E-state index is 0.247. The van der Waals surface area contributed by atoms with E-state index in [1.54, 1.807) is 0 Å². The molecule has 2 rings (SSSR count). The number of hydrogen-bond acceptors (Lipinski definition) is 4. The third-order valence-corrected chi connectivity index (χ3v) is 7.57. The normalized spacial score (nSPS) is 24.6. The van der Waals surface area contributed by atoms with E-state index in [1.807, 2.05) is 0 Å². The lowest BCUT2D eigenvalue weighted by atomic mass is 9.93. The third kappa shape index (κ3) is 3.35. The van der Waals surface area contributed by atoms with Gasteiger partial charge in [-0.3, -0.25) is 11.3 Å². The van der Waals surface area contributed by atoms with Crippen LogP contribution in [0.4, 0.5) is 0 Å². The number of nitrogens with two attached hydrogens (primary N) is 1. The fraction of sp³-hybridized carbons (Fsp3) is 0.625. The third-order valence-electron chi connectivity index (χ3n) is 4.22. The van der Waals surface area contributed by atoms with Crippen LogP contribution in [0, 0.1) is 20.8 Å². The van der Waals surface area contributed by atoms with Crippen LogP contribution in [-0.4, -0.2) is 22.0 Å². The largest absolute Gasteiger partial charge is 0.271 e. The number of hydrazine groups is 1. The molecule has 1 aromatic rings.